The first-order valence-electron chi connectivity index (χ1n) is 20.8. The van der Waals surface area contributed by atoms with Crippen LogP contribution in [0.1, 0.15) is 22.3 Å². The van der Waals surface area contributed by atoms with Crippen LogP contribution < -0.4 is 0 Å². The minimum Gasteiger partial charge on any atom is -0.256 e. The minimum atomic E-state index is -0.369. The van der Waals surface area contributed by atoms with Crippen LogP contribution in [-0.2, 0) is 5.41 Å². The van der Waals surface area contributed by atoms with Gasteiger partial charge in [0.1, 0.15) is 0 Å². The Hall–Kier alpha value is -8.01. The van der Waals surface area contributed by atoms with Gasteiger partial charge in [-0.3, -0.25) is 4.98 Å². The summed E-state index contributed by atoms with van der Waals surface area (Å²) in [5.74, 6) is 0.681. The van der Waals surface area contributed by atoms with Crippen LogP contribution in [0.4, 0.5) is 0 Å². The summed E-state index contributed by atoms with van der Waals surface area (Å²) in [6.07, 6.45) is 1.91. The fourth-order valence-corrected chi connectivity index (χ4v) is 9.87. The van der Waals surface area contributed by atoms with Crippen LogP contribution in [0.15, 0.2) is 225 Å². The monoisotopic (exact) mass is 775 g/mol. The zero-order chi connectivity index (χ0) is 40.3. The predicted molar refractivity (Wildman–Crippen MR) is 249 cm³/mol. The number of pyridine rings is 1. The van der Waals surface area contributed by atoms with Gasteiger partial charge in [-0.05, 0) is 91.0 Å². The number of rotatable bonds is 6. The van der Waals surface area contributed by atoms with E-state index in [-0.39, 0.29) is 5.41 Å². The van der Waals surface area contributed by atoms with Gasteiger partial charge in [0.25, 0.3) is 0 Å². The van der Waals surface area contributed by atoms with Crippen molar-refractivity contribution in [3.8, 4) is 89.7 Å². The molecule has 284 valence electrons. The van der Waals surface area contributed by atoms with Crippen LogP contribution in [0, 0.1) is 0 Å². The quantitative estimate of drug-likeness (QED) is 0.169. The molecular formula is C58H37N3. The summed E-state index contributed by atoms with van der Waals surface area (Å²) in [7, 11) is 0. The smallest absolute Gasteiger partial charge is 0.160 e. The third kappa shape index (κ3) is 5.55. The van der Waals surface area contributed by atoms with Gasteiger partial charge in [-0.1, -0.05) is 194 Å². The molecule has 2 aromatic heterocycles. The molecule has 0 atom stereocenters. The Morgan fingerprint density at radius 1 is 0.279 bits per heavy atom. The van der Waals surface area contributed by atoms with Gasteiger partial charge in [0, 0.05) is 28.5 Å². The van der Waals surface area contributed by atoms with Gasteiger partial charge in [-0.25, -0.2) is 9.97 Å². The van der Waals surface area contributed by atoms with Crippen LogP contribution in [0.5, 0.6) is 0 Å². The first-order chi connectivity index (χ1) is 30.2. The highest BCUT2D eigenvalue weighted by Gasteiger charge is 2.51. The van der Waals surface area contributed by atoms with Gasteiger partial charge < -0.3 is 0 Å². The second kappa shape index (κ2) is 14.1. The lowest BCUT2D eigenvalue weighted by molar-refractivity contribution is 0.794. The molecule has 0 saturated heterocycles. The van der Waals surface area contributed by atoms with E-state index in [4.69, 9.17) is 15.0 Å². The van der Waals surface area contributed by atoms with Gasteiger partial charge in [0.05, 0.1) is 22.5 Å². The molecule has 2 aliphatic rings. The average Bonchev–Trinajstić information content (AvgIpc) is 3.82. The SMILES string of the molecule is c1ccc(-c2ccc(-c3cc(-c4ccc(-c5cccc(-c6cccc7c6-c6ccccc6C76c7ccccc7-c7ccccc76)c5)cc4)nc(-c4ccccc4)n3)cn2)cc1. The Balaban J connectivity index is 0.926. The fourth-order valence-electron chi connectivity index (χ4n) is 9.87. The van der Waals surface area contributed by atoms with Crippen LogP contribution in [-0.4, -0.2) is 15.0 Å². The second-order valence-corrected chi connectivity index (χ2v) is 15.9. The minimum absolute atomic E-state index is 0.369. The Bertz CT molecular complexity index is 3230. The molecule has 3 heteroatoms. The van der Waals surface area contributed by atoms with E-state index < -0.39 is 0 Å². The average molecular weight is 776 g/mol. The third-order valence-corrected chi connectivity index (χ3v) is 12.6. The van der Waals surface area contributed by atoms with E-state index in [2.05, 4.69) is 182 Å². The lowest BCUT2D eigenvalue weighted by atomic mass is 9.70. The molecular weight excluding hydrogens is 739 g/mol. The van der Waals surface area contributed by atoms with E-state index in [9.17, 15) is 0 Å². The molecule has 0 saturated carbocycles. The summed E-state index contributed by atoms with van der Waals surface area (Å²) < 4.78 is 0. The normalized spacial score (nSPS) is 12.7. The van der Waals surface area contributed by atoms with E-state index >= 15 is 0 Å². The molecule has 2 aliphatic carbocycles. The fraction of sp³-hybridized carbons (Fsp3) is 0.0172. The first kappa shape index (κ1) is 35.0. The molecule has 0 bridgehead atoms. The number of nitrogens with zero attached hydrogens (tertiary/aromatic N) is 3. The number of aromatic nitrogens is 3. The van der Waals surface area contributed by atoms with Crippen molar-refractivity contribution in [2.24, 2.45) is 0 Å². The summed E-state index contributed by atoms with van der Waals surface area (Å²) in [6, 6.07) is 78.4. The van der Waals surface area contributed by atoms with Crippen molar-refractivity contribution in [3.63, 3.8) is 0 Å². The number of hydrogen-bond acceptors (Lipinski definition) is 3. The molecule has 0 unspecified atom stereocenters. The van der Waals surface area contributed by atoms with E-state index in [1.54, 1.807) is 0 Å². The standard InChI is InChI=1S/C58H37N3/c1-3-15-39(16-4-1)53-34-33-44(37-59-53)55-36-54(60-57(61-55)41-17-5-2-6-18-41)40-31-29-38(30-32-40)42-19-13-20-43(35-42)45-24-14-28-52-56(45)48-23-9-12-27-51(48)58(52)49-25-10-7-21-46(49)47-22-8-11-26-50(47)58/h1-37H. The summed E-state index contributed by atoms with van der Waals surface area (Å²) in [5, 5.41) is 0. The topological polar surface area (TPSA) is 38.7 Å². The van der Waals surface area contributed by atoms with Gasteiger partial charge in [0.15, 0.2) is 5.82 Å². The molecule has 10 aromatic rings. The zero-order valence-corrected chi connectivity index (χ0v) is 33.2. The molecule has 1 spiro atoms. The molecule has 0 amide bonds. The summed E-state index contributed by atoms with van der Waals surface area (Å²) in [6.45, 7) is 0. The largest absolute Gasteiger partial charge is 0.256 e. The van der Waals surface area contributed by atoms with Gasteiger partial charge in [-0.2, -0.15) is 0 Å². The molecule has 0 radical (unpaired) electrons. The molecule has 3 nitrogen and oxygen atoms in total. The number of benzene rings is 8. The first-order valence-corrected chi connectivity index (χ1v) is 20.8. The lowest BCUT2D eigenvalue weighted by Crippen LogP contribution is -2.25. The van der Waals surface area contributed by atoms with E-state index in [0.717, 1.165) is 50.5 Å². The third-order valence-electron chi connectivity index (χ3n) is 12.6. The number of fused-ring (bicyclic) bond motifs is 10. The van der Waals surface area contributed by atoms with E-state index in [0.29, 0.717) is 5.82 Å². The maximum atomic E-state index is 5.10. The molecule has 2 heterocycles. The Labute approximate surface area is 355 Å². The number of hydrogen-bond donors (Lipinski definition) is 0. The van der Waals surface area contributed by atoms with E-state index in [1.165, 1.54) is 55.6 Å². The summed E-state index contributed by atoms with van der Waals surface area (Å²) >= 11 is 0. The van der Waals surface area contributed by atoms with Crippen molar-refractivity contribution in [2.45, 2.75) is 5.41 Å². The predicted octanol–water partition coefficient (Wildman–Crippen LogP) is 14.2. The van der Waals surface area contributed by atoms with Crippen molar-refractivity contribution in [3.05, 3.63) is 247 Å². The molecule has 0 aliphatic heterocycles. The molecule has 0 fully saturated rings. The highest BCUT2D eigenvalue weighted by molar-refractivity contribution is 6.00. The maximum Gasteiger partial charge on any atom is 0.160 e. The zero-order valence-electron chi connectivity index (χ0n) is 33.2. The van der Waals surface area contributed by atoms with Crippen molar-refractivity contribution in [1.82, 2.24) is 15.0 Å². The van der Waals surface area contributed by atoms with Crippen molar-refractivity contribution >= 4 is 0 Å². The van der Waals surface area contributed by atoms with E-state index in [1.807, 2.05) is 42.6 Å². The van der Waals surface area contributed by atoms with Crippen molar-refractivity contribution in [2.75, 3.05) is 0 Å². The van der Waals surface area contributed by atoms with Crippen LogP contribution in [0.2, 0.25) is 0 Å². The maximum absolute atomic E-state index is 5.10. The van der Waals surface area contributed by atoms with Crippen LogP contribution >= 0.6 is 0 Å². The highest BCUT2D eigenvalue weighted by atomic mass is 14.9. The molecule has 0 N–H and O–H groups in total. The molecule has 8 aromatic carbocycles. The second-order valence-electron chi connectivity index (χ2n) is 15.9. The molecule has 12 rings (SSSR count). The van der Waals surface area contributed by atoms with Gasteiger partial charge in [0.2, 0.25) is 0 Å². The molecule has 61 heavy (non-hydrogen) atoms. The van der Waals surface area contributed by atoms with Gasteiger partial charge >= 0.3 is 0 Å². The lowest BCUT2D eigenvalue weighted by Gasteiger charge is -2.30. The van der Waals surface area contributed by atoms with Crippen LogP contribution in [0.25, 0.3) is 89.7 Å². The summed E-state index contributed by atoms with van der Waals surface area (Å²) in [5.41, 5.74) is 21.7. The van der Waals surface area contributed by atoms with Crippen molar-refractivity contribution < 1.29 is 0 Å². The van der Waals surface area contributed by atoms with Crippen LogP contribution in [0.3, 0.4) is 0 Å². The Morgan fingerprint density at radius 2 is 0.754 bits per heavy atom. The van der Waals surface area contributed by atoms with Gasteiger partial charge in [-0.15, -0.1) is 0 Å². The Kier molecular flexibility index (Phi) is 8.07. The summed E-state index contributed by atoms with van der Waals surface area (Å²) in [4.78, 5) is 14.9. The Morgan fingerprint density at radius 3 is 1.43 bits per heavy atom. The van der Waals surface area contributed by atoms with Crippen molar-refractivity contribution in [1.29, 1.82) is 0 Å². The highest BCUT2D eigenvalue weighted by Crippen LogP contribution is 2.63.